The highest BCUT2D eigenvalue weighted by molar-refractivity contribution is 7.15. The minimum atomic E-state index is -1.27. The maximum absolute atomic E-state index is 13.0. The van der Waals surface area contributed by atoms with Crippen molar-refractivity contribution in [2.75, 3.05) is 13.3 Å². The molecule has 0 saturated heterocycles. The van der Waals surface area contributed by atoms with E-state index in [2.05, 4.69) is 10.4 Å². The van der Waals surface area contributed by atoms with Crippen LogP contribution in [0.1, 0.15) is 4.88 Å². The summed E-state index contributed by atoms with van der Waals surface area (Å²) in [6, 6.07) is 9.85. The van der Waals surface area contributed by atoms with Crippen molar-refractivity contribution in [3.8, 4) is 21.9 Å². The molecule has 0 saturated carbocycles. The van der Waals surface area contributed by atoms with Crippen molar-refractivity contribution in [2.24, 2.45) is 0 Å². The summed E-state index contributed by atoms with van der Waals surface area (Å²) in [7, 11) is 0. The topological polar surface area (TPSA) is 108 Å². The van der Waals surface area contributed by atoms with Crippen molar-refractivity contribution < 1.29 is 23.8 Å². The lowest BCUT2D eigenvalue weighted by atomic mass is 10.1. The SMILES string of the molecule is O=C(O)NCC(=CF)Cn1ncn(CCc2ccc(-c3ccc4c(c3)OCO4)s2)c1=O. The van der Waals surface area contributed by atoms with Gasteiger partial charge in [-0.15, -0.1) is 11.3 Å². The molecule has 1 amide bonds. The lowest BCUT2D eigenvalue weighted by Crippen LogP contribution is -2.29. The van der Waals surface area contributed by atoms with Gasteiger partial charge in [0, 0.05) is 22.8 Å². The summed E-state index contributed by atoms with van der Waals surface area (Å²) >= 11 is 1.63. The largest absolute Gasteiger partial charge is 0.465 e. The number of fused-ring (bicyclic) bond motifs is 1. The van der Waals surface area contributed by atoms with E-state index in [0.29, 0.717) is 13.0 Å². The van der Waals surface area contributed by atoms with Crippen LogP contribution in [0.25, 0.3) is 10.4 Å². The summed E-state index contributed by atoms with van der Waals surface area (Å²) in [5, 5.41) is 14.7. The third-order valence-corrected chi connectivity index (χ3v) is 5.88. The fourth-order valence-electron chi connectivity index (χ4n) is 3.09. The van der Waals surface area contributed by atoms with Crippen LogP contribution in [0.4, 0.5) is 9.18 Å². The summed E-state index contributed by atoms with van der Waals surface area (Å²) in [5.74, 6) is 1.47. The molecule has 2 N–H and O–H groups in total. The molecule has 0 aliphatic carbocycles. The first-order chi connectivity index (χ1) is 15.0. The van der Waals surface area contributed by atoms with Gasteiger partial charge in [0.05, 0.1) is 12.9 Å². The number of benzene rings is 1. The monoisotopic (exact) mass is 446 g/mol. The number of carbonyl (C=O) groups is 1. The van der Waals surface area contributed by atoms with E-state index in [4.69, 9.17) is 14.6 Å². The first kappa shape index (κ1) is 20.7. The lowest BCUT2D eigenvalue weighted by molar-refractivity contribution is 0.174. The van der Waals surface area contributed by atoms with Crippen molar-refractivity contribution in [3.63, 3.8) is 0 Å². The van der Waals surface area contributed by atoms with Gasteiger partial charge in [0.25, 0.3) is 0 Å². The first-order valence-electron chi connectivity index (χ1n) is 9.39. The molecule has 0 radical (unpaired) electrons. The summed E-state index contributed by atoms with van der Waals surface area (Å²) in [5.41, 5.74) is 0.745. The maximum Gasteiger partial charge on any atom is 0.404 e. The zero-order valence-electron chi connectivity index (χ0n) is 16.3. The van der Waals surface area contributed by atoms with Gasteiger partial charge in [-0.1, -0.05) is 0 Å². The fourth-order valence-corrected chi connectivity index (χ4v) is 4.08. The number of carboxylic acid groups (broad SMARTS) is 1. The van der Waals surface area contributed by atoms with Gasteiger partial charge in [-0.2, -0.15) is 5.10 Å². The third kappa shape index (κ3) is 4.77. The average molecular weight is 446 g/mol. The predicted molar refractivity (Wildman–Crippen MR) is 111 cm³/mol. The van der Waals surface area contributed by atoms with Crippen molar-refractivity contribution in [3.05, 3.63) is 63.9 Å². The highest BCUT2D eigenvalue weighted by atomic mass is 32.1. The van der Waals surface area contributed by atoms with Gasteiger partial charge >= 0.3 is 11.8 Å². The van der Waals surface area contributed by atoms with E-state index in [-0.39, 0.29) is 37.5 Å². The van der Waals surface area contributed by atoms with Gasteiger partial charge in [-0.3, -0.25) is 4.57 Å². The Labute approximate surface area is 180 Å². The van der Waals surface area contributed by atoms with Crippen LogP contribution in [0.15, 0.2) is 53.4 Å². The molecule has 3 heterocycles. The van der Waals surface area contributed by atoms with Gasteiger partial charge in [-0.05, 0) is 47.9 Å². The highest BCUT2D eigenvalue weighted by Gasteiger charge is 2.15. The zero-order valence-corrected chi connectivity index (χ0v) is 17.1. The number of nitrogens with zero attached hydrogens (tertiary/aromatic N) is 3. The van der Waals surface area contributed by atoms with Gasteiger partial charge in [0.15, 0.2) is 11.5 Å². The van der Waals surface area contributed by atoms with E-state index in [9.17, 15) is 14.0 Å². The Morgan fingerprint density at radius 1 is 1.29 bits per heavy atom. The van der Waals surface area contributed by atoms with E-state index in [1.807, 2.05) is 30.3 Å². The summed E-state index contributed by atoms with van der Waals surface area (Å²) < 4.78 is 26.3. The molecule has 11 heteroatoms. The fraction of sp³-hybridized carbons (Fsp3) is 0.250. The average Bonchev–Trinajstić information content (AvgIpc) is 3.49. The number of hydrogen-bond acceptors (Lipinski definition) is 6. The molecule has 4 rings (SSSR count). The Balaban J connectivity index is 1.38. The molecule has 0 unspecified atom stereocenters. The van der Waals surface area contributed by atoms with E-state index in [0.717, 1.165) is 31.5 Å². The molecule has 0 spiro atoms. The molecule has 0 bridgehead atoms. The van der Waals surface area contributed by atoms with Gasteiger partial charge in [-0.25, -0.2) is 18.7 Å². The number of hydrogen-bond donors (Lipinski definition) is 2. The molecule has 3 aromatic rings. The molecule has 1 aliphatic rings. The molecule has 162 valence electrons. The van der Waals surface area contributed by atoms with Crippen molar-refractivity contribution >= 4 is 17.4 Å². The third-order valence-electron chi connectivity index (χ3n) is 4.69. The van der Waals surface area contributed by atoms with E-state index < -0.39 is 6.09 Å². The van der Waals surface area contributed by atoms with Gasteiger partial charge < -0.3 is 19.9 Å². The standard InChI is InChI=1S/C20H19FN4O5S/c21-8-13(9-22-19(26)27)10-25-20(28)24(11-23-25)6-5-15-2-4-18(31-15)14-1-3-16-17(7-14)30-12-29-16/h1-4,7-8,11,22H,5-6,9-10,12H2,(H,26,27). The molecule has 2 aromatic heterocycles. The van der Waals surface area contributed by atoms with Crippen molar-refractivity contribution in [1.29, 1.82) is 0 Å². The second-order valence-electron chi connectivity index (χ2n) is 6.77. The lowest BCUT2D eigenvalue weighted by Gasteiger charge is -2.05. The number of ether oxygens (including phenoxy) is 2. The van der Waals surface area contributed by atoms with E-state index in [1.165, 1.54) is 10.9 Å². The molecule has 0 fully saturated rings. The minimum absolute atomic E-state index is 0.0985. The minimum Gasteiger partial charge on any atom is -0.465 e. The predicted octanol–water partition coefficient (Wildman–Crippen LogP) is 2.87. The van der Waals surface area contributed by atoms with Crippen LogP contribution in [-0.4, -0.2) is 38.9 Å². The van der Waals surface area contributed by atoms with Crippen LogP contribution >= 0.6 is 11.3 Å². The molecule has 31 heavy (non-hydrogen) atoms. The Hall–Kier alpha value is -3.60. The van der Waals surface area contributed by atoms with Crippen LogP contribution in [-0.2, 0) is 19.5 Å². The second-order valence-corrected chi connectivity index (χ2v) is 7.94. The molecule has 9 nitrogen and oxygen atoms in total. The van der Waals surface area contributed by atoms with Crippen LogP contribution in [0.2, 0.25) is 0 Å². The van der Waals surface area contributed by atoms with Crippen LogP contribution < -0.4 is 20.5 Å². The van der Waals surface area contributed by atoms with Crippen LogP contribution in [0, 0.1) is 0 Å². The highest BCUT2D eigenvalue weighted by Crippen LogP contribution is 2.38. The number of rotatable bonds is 8. The molecule has 0 atom stereocenters. The normalized spacial score (nSPS) is 12.9. The zero-order chi connectivity index (χ0) is 21.8. The van der Waals surface area contributed by atoms with Gasteiger partial charge in [0.1, 0.15) is 6.33 Å². The maximum atomic E-state index is 13.0. The second kappa shape index (κ2) is 9.04. The quantitative estimate of drug-likeness (QED) is 0.551. The Kier molecular flexibility index (Phi) is 6.03. The smallest absolute Gasteiger partial charge is 0.404 e. The van der Waals surface area contributed by atoms with E-state index in [1.54, 1.807) is 11.3 Å². The number of halogens is 1. The summed E-state index contributed by atoms with van der Waals surface area (Å²) in [6.45, 7) is 0.302. The number of amides is 1. The van der Waals surface area contributed by atoms with E-state index >= 15 is 0 Å². The summed E-state index contributed by atoms with van der Waals surface area (Å²) in [6.07, 6.45) is 1.04. The van der Waals surface area contributed by atoms with Crippen LogP contribution in [0.3, 0.4) is 0 Å². The summed E-state index contributed by atoms with van der Waals surface area (Å²) in [4.78, 5) is 25.2. The van der Waals surface area contributed by atoms with Crippen LogP contribution in [0.5, 0.6) is 11.5 Å². The number of aromatic nitrogens is 3. The molecular formula is C20H19FN4O5S. The Morgan fingerprint density at radius 2 is 2.13 bits per heavy atom. The number of aryl methyl sites for hydroxylation is 2. The molecular weight excluding hydrogens is 427 g/mol. The molecule has 1 aliphatic heterocycles. The van der Waals surface area contributed by atoms with Gasteiger partial charge in [0.2, 0.25) is 6.79 Å². The number of nitrogens with one attached hydrogen (secondary N) is 1. The number of thiophene rings is 1. The Morgan fingerprint density at radius 3 is 2.94 bits per heavy atom. The first-order valence-corrected chi connectivity index (χ1v) is 10.2. The Bertz CT molecular complexity index is 1180. The van der Waals surface area contributed by atoms with Crippen molar-refractivity contribution in [2.45, 2.75) is 19.5 Å². The molecule has 1 aromatic carbocycles. The van der Waals surface area contributed by atoms with Crippen molar-refractivity contribution in [1.82, 2.24) is 19.7 Å².